The first-order valence-electron chi connectivity index (χ1n) is 3.48. The third-order valence-electron chi connectivity index (χ3n) is 1.74. The first-order chi connectivity index (χ1) is 5.19. The predicted molar refractivity (Wildman–Crippen MR) is 40.8 cm³/mol. The van der Waals surface area contributed by atoms with Gasteiger partial charge in [0.2, 0.25) is 5.91 Å². The molecule has 1 aliphatic rings. The third kappa shape index (κ3) is 1.52. The first-order valence-corrected chi connectivity index (χ1v) is 3.48. The van der Waals surface area contributed by atoms with E-state index in [9.17, 15) is 4.79 Å². The van der Waals surface area contributed by atoms with Crippen LogP contribution < -0.4 is 5.32 Å². The fraction of sp³-hybridized carbons (Fsp3) is 0.625. The number of carbonyl (C=O) groups excluding carboxylic acids is 1. The van der Waals surface area contributed by atoms with Crippen molar-refractivity contribution in [3.63, 3.8) is 0 Å². The second kappa shape index (κ2) is 2.93. The predicted octanol–water partition coefficient (Wildman–Crippen LogP) is -0.228. The highest BCUT2D eigenvalue weighted by atomic mass is 16.5. The van der Waals surface area contributed by atoms with Gasteiger partial charge in [-0.25, -0.2) is 0 Å². The topological polar surface area (TPSA) is 38.3 Å². The summed E-state index contributed by atoms with van der Waals surface area (Å²) in [6.45, 7) is 3.17. The van der Waals surface area contributed by atoms with Gasteiger partial charge < -0.3 is 10.1 Å². The molecule has 0 aromatic heterocycles. The van der Waals surface area contributed by atoms with Crippen molar-refractivity contribution < 1.29 is 9.53 Å². The largest absolute Gasteiger partial charge is 0.379 e. The minimum Gasteiger partial charge on any atom is -0.379 e. The van der Waals surface area contributed by atoms with Gasteiger partial charge in [0.1, 0.15) is 0 Å². The van der Waals surface area contributed by atoms with Crippen LogP contribution in [0.2, 0.25) is 0 Å². The second-order valence-corrected chi connectivity index (χ2v) is 2.94. The smallest absolute Gasteiger partial charge is 0.231 e. The summed E-state index contributed by atoms with van der Waals surface area (Å²) in [4.78, 5) is 11.2. The van der Waals surface area contributed by atoms with Crippen LogP contribution in [-0.2, 0) is 9.53 Å². The molecule has 0 aliphatic carbocycles. The highest BCUT2D eigenvalue weighted by Crippen LogP contribution is 2.26. The van der Waals surface area contributed by atoms with Crippen molar-refractivity contribution in [3.8, 4) is 12.3 Å². The first kappa shape index (κ1) is 8.09. The Hall–Kier alpha value is -1.01. The normalized spacial score (nSPS) is 19.6. The molecule has 1 fully saturated rings. The number of nitrogens with one attached hydrogen (secondary N) is 1. The van der Waals surface area contributed by atoms with Crippen molar-refractivity contribution in [1.29, 1.82) is 0 Å². The average Bonchev–Trinajstić information content (AvgIpc) is 1.95. The van der Waals surface area contributed by atoms with Gasteiger partial charge in [0, 0.05) is 0 Å². The Morgan fingerprint density at radius 2 is 2.45 bits per heavy atom. The molecular weight excluding hydrogens is 142 g/mol. The number of hydrogen-bond donors (Lipinski definition) is 1. The molecule has 11 heavy (non-hydrogen) atoms. The van der Waals surface area contributed by atoms with Crippen LogP contribution in [0.15, 0.2) is 0 Å². The van der Waals surface area contributed by atoms with Gasteiger partial charge in [0.05, 0.1) is 25.2 Å². The monoisotopic (exact) mass is 153 g/mol. The summed E-state index contributed by atoms with van der Waals surface area (Å²) in [6, 6.07) is 0. The van der Waals surface area contributed by atoms with Gasteiger partial charge in [0.15, 0.2) is 0 Å². The van der Waals surface area contributed by atoms with Crippen LogP contribution in [0.3, 0.4) is 0 Å². The molecule has 0 unspecified atom stereocenters. The van der Waals surface area contributed by atoms with Crippen molar-refractivity contribution in [3.05, 3.63) is 0 Å². The number of rotatable bonds is 2. The summed E-state index contributed by atoms with van der Waals surface area (Å²) in [5.74, 6) is 2.33. The summed E-state index contributed by atoms with van der Waals surface area (Å²) in [6.07, 6.45) is 4.98. The van der Waals surface area contributed by atoms with Gasteiger partial charge in [-0.05, 0) is 6.92 Å². The van der Waals surface area contributed by atoms with E-state index in [0.29, 0.717) is 19.8 Å². The van der Waals surface area contributed by atoms with Gasteiger partial charge in [-0.2, -0.15) is 0 Å². The standard InChI is InChI=1S/C8H11NO2/c1-3-4-9-7(10)8(2)5-11-6-8/h1H,4-6H2,2H3,(H,9,10). The zero-order chi connectivity index (χ0) is 8.32. The van der Waals surface area contributed by atoms with Crippen molar-refractivity contribution in [1.82, 2.24) is 5.32 Å². The summed E-state index contributed by atoms with van der Waals surface area (Å²) in [5.41, 5.74) is -0.336. The van der Waals surface area contributed by atoms with E-state index in [2.05, 4.69) is 11.2 Å². The van der Waals surface area contributed by atoms with Crippen LogP contribution in [0, 0.1) is 17.8 Å². The van der Waals surface area contributed by atoms with Crippen LogP contribution in [0.5, 0.6) is 0 Å². The van der Waals surface area contributed by atoms with E-state index in [1.165, 1.54) is 0 Å². The van der Waals surface area contributed by atoms with Crippen molar-refractivity contribution in [2.75, 3.05) is 19.8 Å². The van der Waals surface area contributed by atoms with E-state index in [1.54, 1.807) is 0 Å². The average molecular weight is 153 g/mol. The SMILES string of the molecule is C#CCNC(=O)C1(C)COC1. The number of hydrogen-bond acceptors (Lipinski definition) is 2. The lowest BCUT2D eigenvalue weighted by atomic mass is 9.88. The van der Waals surface area contributed by atoms with Gasteiger partial charge >= 0.3 is 0 Å². The molecular formula is C8H11NO2. The number of amides is 1. The molecule has 60 valence electrons. The highest BCUT2D eigenvalue weighted by Gasteiger charge is 2.40. The fourth-order valence-corrected chi connectivity index (χ4v) is 0.884. The Morgan fingerprint density at radius 3 is 2.82 bits per heavy atom. The van der Waals surface area contributed by atoms with E-state index < -0.39 is 0 Å². The molecule has 0 spiro atoms. The number of carbonyl (C=O) groups is 1. The molecule has 0 atom stereocenters. The molecule has 0 saturated carbocycles. The Labute approximate surface area is 66.1 Å². The van der Waals surface area contributed by atoms with Crippen molar-refractivity contribution >= 4 is 5.91 Å². The maximum absolute atomic E-state index is 11.2. The van der Waals surface area contributed by atoms with E-state index in [4.69, 9.17) is 11.2 Å². The van der Waals surface area contributed by atoms with Gasteiger partial charge in [-0.3, -0.25) is 4.79 Å². The molecule has 0 aromatic rings. The molecule has 0 bridgehead atoms. The molecule has 1 heterocycles. The van der Waals surface area contributed by atoms with E-state index in [0.717, 1.165) is 0 Å². The summed E-state index contributed by atoms with van der Waals surface area (Å²) in [5, 5.41) is 2.62. The Bertz CT molecular complexity index is 201. The molecule has 1 amide bonds. The van der Waals surface area contributed by atoms with Crippen LogP contribution in [0.25, 0.3) is 0 Å². The molecule has 3 nitrogen and oxygen atoms in total. The van der Waals surface area contributed by atoms with Crippen LogP contribution in [0.4, 0.5) is 0 Å². The number of ether oxygens (including phenoxy) is 1. The summed E-state index contributed by atoms with van der Waals surface area (Å²) >= 11 is 0. The van der Waals surface area contributed by atoms with E-state index in [-0.39, 0.29) is 11.3 Å². The minimum absolute atomic E-state index is 0.0123. The lowest BCUT2D eigenvalue weighted by molar-refractivity contribution is -0.157. The lowest BCUT2D eigenvalue weighted by Crippen LogP contribution is -2.51. The zero-order valence-electron chi connectivity index (χ0n) is 6.52. The highest BCUT2D eigenvalue weighted by molar-refractivity contribution is 5.83. The molecule has 1 aliphatic heterocycles. The maximum atomic E-state index is 11.2. The molecule has 1 saturated heterocycles. The lowest BCUT2D eigenvalue weighted by Gasteiger charge is -2.35. The van der Waals surface area contributed by atoms with Gasteiger partial charge in [-0.15, -0.1) is 6.42 Å². The van der Waals surface area contributed by atoms with Gasteiger partial charge in [-0.1, -0.05) is 5.92 Å². The Morgan fingerprint density at radius 1 is 1.82 bits per heavy atom. The molecule has 0 radical (unpaired) electrons. The minimum atomic E-state index is -0.336. The fourth-order valence-electron chi connectivity index (χ4n) is 0.884. The molecule has 3 heteroatoms. The van der Waals surface area contributed by atoms with Crippen molar-refractivity contribution in [2.24, 2.45) is 5.41 Å². The molecule has 0 aromatic carbocycles. The molecule has 1 rings (SSSR count). The zero-order valence-corrected chi connectivity index (χ0v) is 6.52. The quantitative estimate of drug-likeness (QED) is 0.557. The summed E-state index contributed by atoms with van der Waals surface area (Å²) < 4.78 is 4.93. The maximum Gasteiger partial charge on any atom is 0.231 e. The summed E-state index contributed by atoms with van der Waals surface area (Å²) in [7, 11) is 0. The Kier molecular flexibility index (Phi) is 2.16. The molecule has 1 N–H and O–H groups in total. The van der Waals surface area contributed by atoms with Crippen molar-refractivity contribution in [2.45, 2.75) is 6.92 Å². The van der Waals surface area contributed by atoms with Crippen LogP contribution in [0.1, 0.15) is 6.92 Å². The van der Waals surface area contributed by atoms with Crippen LogP contribution >= 0.6 is 0 Å². The van der Waals surface area contributed by atoms with E-state index in [1.807, 2.05) is 6.92 Å². The Balaban J connectivity index is 2.36. The van der Waals surface area contributed by atoms with Crippen LogP contribution in [-0.4, -0.2) is 25.7 Å². The number of terminal acetylenes is 1. The van der Waals surface area contributed by atoms with E-state index >= 15 is 0 Å². The van der Waals surface area contributed by atoms with Gasteiger partial charge in [0.25, 0.3) is 0 Å². The third-order valence-corrected chi connectivity index (χ3v) is 1.74. The second-order valence-electron chi connectivity index (χ2n) is 2.94.